The maximum absolute atomic E-state index is 13.6. The average molecular weight is 334 g/mol. The molecule has 2 aromatic carbocycles. The number of rotatable bonds is 0. The number of nitrogens with zero attached hydrogens (tertiary/aromatic N) is 1. The van der Waals surface area contributed by atoms with Crippen LogP contribution >= 0.6 is 11.8 Å². The van der Waals surface area contributed by atoms with Crippen LogP contribution in [0, 0.1) is 0 Å². The molecule has 0 bridgehead atoms. The van der Waals surface area contributed by atoms with Crippen molar-refractivity contribution in [2.75, 3.05) is 10.2 Å². The summed E-state index contributed by atoms with van der Waals surface area (Å²) in [6.07, 6.45) is 2.20. The number of nitrogens with one attached hydrogen (secondary N) is 1. The number of hydrogen-bond acceptors (Lipinski definition) is 3. The zero-order valence-electron chi connectivity index (χ0n) is 13.9. The Hall–Kier alpha value is -2.20. The average Bonchev–Trinajstić information content (AvgIpc) is 3.04. The van der Waals surface area contributed by atoms with Crippen LogP contribution in [-0.4, -0.2) is 11.4 Å². The van der Waals surface area contributed by atoms with Crippen LogP contribution in [-0.2, 0) is 9.67 Å². The predicted molar refractivity (Wildman–Crippen MR) is 99.3 cm³/mol. The monoisotopic (exact) mass is 334 g/mol. The Balaban J connectivity index is 1.79. The van der Waals surface area contributed by atoms with Crippen molar-refractivity contribution in [3.05, 3.63) is 59.7 Å². The molecular weight excluding hydrogens is 316 g/mol. The Morgan fingerprint density at radius 1 is 1.08 bits per heavy atom. The van der Waals surface area contributed by atoms with E-state index in [1.54, 1.807) is 11.8 Å². The number of benzene rings is 2. The molecule has 0 saturated heterocycles. The van der Waals surface area contributed by atoms with Crippen LogP contribution in [0.1, 0.15) is 31.9 Å². The summed E-state index contributed by atoms with van der Waals surface area (Å²) < 4.78 is 0. The number of thioether (sulfide) groups is 1. The molecule has 24 heavy (non-hydrogen) atoms. The van der Waals surface area contributed by atoms with Crippen molar-refractivity contribution in [1.29, 1.82) is 0 Å². The molecule has 0 radical (unpaired) electrons. The van der Waals surface area contributed by atoms with Gasteiger partial charge in [0.15, 0.2) is 4.87 Å². The van der Waals surface area contributed by atoms with E-state index in [4.69, 9.17) is 0 Å². The summed E-state index contributed by atoms with van der Waals surface area (Å²) in [6.45, 7) is 6.36. The second-order valence-electron chi connectivity index (χ2n) is 7.23. The van der Waals surface area contributed by atoms with E-state index in [0.717, 1.165) is 27.4 Å². The first-order chi connectivity index (χ1) is 11.4. The maximum Gasteiger partial charge on any atom is 0.269 e. The molecule has 0 fully saturated rings. The summed E-state index contributed by atoms with van der Waals surface area (Å²) in [5.74, 6) is 0.125. The second-order valence-corrected chi connectivity index (χ2v) is 8.48. The van der Waals surface area contributed by atoms with Crippen molar-refractivity contribution >= 4 is 34.6 Å². The Kier molecular flexibility index (Phi) is 2.51. The highest BCUT2D eigenvalue weighted by atomic mass is 32.2. The lowest BCUT2D eigenvalue weighted by Crippen LogP contribution is -2.51. The van der Waals surface area contributed by atoms with Gasteiger partial charge in [0, 0.05) is 21.7 Å². The predicted octanol–water partition coefficient (Wildman–Crippen LogP) is 4.60. The molecule has 3 aliphatic rings. The summed E-state index contributed by atoms with van der Waals surface area (Å²) in [7, 11) is 0. The summed E-state index contributed by atoms with van der Waals surface area (Å²) in [5, 5.41) is 3.54. The topological polar surface area (TPSA) is 32.3 Å². The fourth-order valence-corrected chi connectivity index (χ4v) is 5.56. The summed E-state index contributed by atoms with van der Waals surface area (Å²) in [6, 6.07) is 14.4. The van der Waals surface area contributed by atoms with Crippen LogP contribution in [0.4, 0.5) is 11.4 Å². The first kappa shape index (κ1) is 14.2. The lowest BCUT2D eigenvalue weighted by Gasteiger charge is -2.39. The van der Waals surface area contributed by atoms with E-state index in [9.17, 15) is 4.79 Å². The van der Waals surface area contributed by atoms with Crippen LogP contribution in [0.25, 0.3) is 5.57 Å². The minimum atomic E-state index is -0.745. The number of para-hydroxylation sites is 2. The Labute approximate surface area is 145 Å². The van der Waals surface area contributed by atoms with Gasteiger partial charge in [-0.15, -0.1) is 0 Å². The van der Waals surface area contributed by atoms with E-state index in [2.05, 4.69) is 56.4 Å². The van der Waals surface area contributed by atoms with Crippen LogP contribution in [0.3, 0.4) is 0 Å². The number of carbonyl (C=O) groups is 1. The number of fused-ring (bicyclic) bond motifs is 2. The highest BCUT2D eigenvalue weighted by molar-refractivity contribution is 8.01. The smallest absolute Gasteiger partial charge is 0.269 e. The summed E-state index contributed by atoms with van der Waals surface area (Å²) in [5.41, 5.74) is 5.25. The van der Waals surface area contributed by atoms with Crippen molar-refractivity contribution in [2.24, 2.45) is 0 Å². The summed E-state index contributed by atoms with van der Waals surface area (Å²) in [4.78, 5) is 16.0. The Bertz CT molecular complexity index is 919. The largest absolute Gasteiger partial charge is 0.358 e. The maximum atomic E-state index is 13.6. The number of carbonyl (C=O) groups excluding carboxylic acids is 1. The van der Waals surface area contributed by atoms with Gasteiger partial charge in [0.05, 0.1) is 11.2 Å². The third kappa shape index (κ3) is 1.52. The molecule has 2 aromatic rings. The molecule has 0 saturated carbocycles. The quantitative estimate of drug-likeness (QED) is 0.764. The van der Waals surface area contributed by atoms with Crippen molar-refractivity contribution in [3.63, 3.8) is 0 Å². The second kappa shape index (κ2) is 4.25. The minimum absolute atomic E-state index is 0.125. The van der Waals surface area contributed by atoms with E-state index >= 15 is 0 Å². The van der Waals surface area contributed by atoms with Gasteiger partial charge in [0.1, 0.15) is 0 Å². The summed E-state index contributed by atoms with van der Waals surface area (Å²) >= 11 is 1.63. The molecule has 1 spiro atoms. The van der Waals surface area contributed by atoms with E-state index in [1.165, 1.54) is 5.57 Å². The standard InChI is InChI=1S/C20H18N2OS/c1-12-11-19(2,3)22-17-13(12)7-6-8-14(17)20(18(22)23)21-15-9-4-5-10-16(15)24-20/h4-11,21H,1-3H3/t20-/m1/s1. The highest BCUT2D eigenvalue weighted by Crippen LogP contribution is 2.60. The molecule has 1 N–H and O–H groups in total. The molecule has 0 unspecified atom stereocenters. The van der Waals surface area contributed by atoms with Crippen molar-refractivity contribution in [1.82, 2.24) is 0 Å². The molecule has 1 atom stereocenters. The van der Waals surface area contributed by atoms with Gasteiger partial charge >= 0.3 is 0 Å². The molecule has 0 aliphatic carbocycles. The molecule has 4 heteroatoms. The lowest BCUT2D eigenvalue weighted by molar-refractivity contribution is -0.120. The van der Waals surface area contributed by atoms with Crippen molar-refractivity contribution in [3.8, 4) is 0 Å². The van der Waals surface area contributed by atoms with E-state index < -0.39 is 4.87 Å². The van der Waals surface area contributed by atoms with Gasteiger partial charge in [-0.05, 0) is 38.5 Å². The molecular formula is C20H18N2OS. The van der Waals surface area contributed by atoms with Crippen LogP contribution in [0.5, 0.6) is 0 Å². The van der Waals surface area contributed by atoms with Gasteiger partial charge in [-0.3, -0.25) is 9.69 Å². The zero-order valence-corrected chi connectivity index (χ0v) is 14.7. The third-order valence-electron chi connectivity index (χ3n) is 5.17. The highest BCUT2D eigenvalue weighted by Gasteiger charge is 2.59. The van der Waals surface area contributed by atoms with E-state index in [-0.39, 0.29) is 11.4 Å². The van der Waals surface area contributed by atoms with Crippen LogP contribution in [0.2, 0.25) is 0 Å². The molecule has 3 aliphatic heterocycles. The number of allylic oxidation sites excluding steroid dienone is 1. The first-order valence-corrected chi connectivity index (χ1v) is 9.00. The fourth-order valence-electron chi connectivity index (χ4n) is 4.24. The van der Waals surface area contributed by atoms with Crippen molar-refractivity contribution in [2.45, 2.75) is 36.1 Å². The van der Waals surface area contributed by atoms with Gasteiger partial charge in [0.2, 0.25) is 0 Å². The van der Waals surface area contributed by atoms with Gasteiger partial charge in [-0.2, -0.15) is 0 Å². The van der Waals surface area contributed by atoms with Gasteiger partial charge in [-0.25, -0.2) is 0 Å². The molecule has 3 heterocycles. The zero-order chi connectivity index (χ0) is 16.7. The minimum Gasteiger partial charge on any atom is -0.358 e. The van der Waals surface area contributed by atoms with Gasteiger partial charge in [0.25, 0.3) is 5.91 Å². The third-order valence-corrected chi connectivity index (χ3v) is 6.55. The van der Waals surface area contributed by atoms with Gasteiger partial charge in [-0.1, -0.05) is 48.2 Å². The molecule has 0 aromatic heterocycles. The normalized spacial score (nSPS) is 25.4. The Morgan fingerprint density at radius 2 is 1.88 bits per heavy atom. The van der Waals surface area contributed by atoms with Crippen LogP contribution < -0.4 is 10.2 Å². The first-order valence-electron chi connectivity index (χ1n) is 8.18. The van der Waals surface area contributed by atoms with E-state index in [1.807, 2.05) is 23.1 Å². The molecule has 1 amide bonds. The Morgan fingerprint density at radius 3 is 2.67 bits per heavy atom. The van der Waals surface area contributed by atoms with Gasteiger partial charge < -0.3 is 5.32 Å². The number of anilines is 2. The molecule has 120 valence electrons. The SMILES string of the molecule is CC1=CC(C)(C)N2C(=O)[C@@]3(Nc4ccccc4S3)c3cccc1c32. The lowest BCUT2D eigenvalue weighted by atomic mass is 9.89. The van der Waals surface area contributed by atoms with Crippen molar-refractivity contribution < 1.29 is 4.79 Å². The fraction of sp³-hybridized carbons (Fsp3) is 0.250. The van der Waals surface area contributed by atoms with E-state index in [0.29, 0.717) is 0 Å². The number of hydrogen-bond donors (Lipinski definition) is 1. The molecule has 3 nitrogen and oxygen atoms in total. The number of amides is 1. The molecule has 5 rings (SSSR count). The van der Waals surface area contributed by atoms with Crippen LogP contribution in [0.15, 0.2) is 53.4 Å².